The molecule has 2 aliphatic heterocycles. The van der Waals surface area contributed by atoms with E-state index < -0.39 is 47.9 Å². The molecule has 0 aromatic heterocycles. The number of ether oxygens (including phenoxy) is 4. The predicted octanol–water partition coefficient (Wildman–Crippen LogP) is 1.66. The summed E-state index contributed by atoms with van der Waals surface area (Å²) in [6.45, 7) is 10.1. The Labute approximate surface area is 164 Å². The predicted molar refractivity (Wildman–Crippen MR) is 97.8 cm³/mol. The highest BCUT2D eigenvalue weighted by Gasteiger charge is 2.62. The molecule has 0 amide bonds. The maximum absolute atomic E-state index is 12.7. The Morgan fingerprint density at radius 3 is 2.82 bits per heavy atom. The summed E-state index contributed by atoms with van der Waals surface area (Å²) >= 11 is 0. The minimum atomic E-state index is -0.624. The van der Waals surface area contributed by atoms with Crippen molar-refractivity contribution in [1.82, 2.24) is 0 Å². The molecule has 7 nitrogen and oxygen atoms in total. The molecule has 0 bridgehead atoms. The van der Waals surface area contributed by atoms with Gasteiger partial charge >= 0.3 is 11.9 Å². The van der Waals surface area contributed by atoms with Crippen LogP contribution in [0, 0.1) is 17.3 Å². The molecule has 1 N–H and O–H groups in total. The summed E-state index contributed by atoms with van der Waals surface area (Å²) in [6, 6.07) is 0. The Hall–Kier alpha value is -1.96. The number of carbonyl (C=O) groups is 2. The van der Waals surface area contributed by atoms with E-state index in [1.165, 1.54) is 7.11 Å². The van der Waals surface area contributed by atoms with Crippen LogP contribution >= 0.6 is 0 Å². The topological polar surface area (TPSA) is 91.3 Å². The van der Waals surface area contributed by atoms with Crippen LogP contribution in [0.5, 0.6) is 0 Å². The van der Waals surface area contributed by atoms with E-state index in [2.05, 4.69) is 13.2 Å². The van der Waals surface area contributed by atoms with Crippen molar-refractivity contribution in [3.63, 3.8) is 0 Å². The lowest BCUT2D eigenvalue weighted by molar-refractivity contribution is -0.175. The van der Waals surface area contributed by atoms with Crippen molar-refractivity contribution in [2.45, 2.75) is 50.8 Å². The zero-order valence-corrected chi connectivity index (χ0v) is 16.2. The molecule has 2 heterocycles. The van der Waals surface area contributed by atoms with Crippen LogP contribution in [0.2, 0.25) is 0 Å². The highest BCUT2D eigenvalue weighted by molar-refractivity contribution is 5.92. The number of hydrogen-bond donors (Lipinski definition) is 1. The van der Waals surface area contributed by atoms with Crippen LogP contribution in [0.15, 0.2) is 36.0 Å². The van der Waals surface area contributed by atoms with Crippen molar-refractivity contribution < 1.29 is 33.6 Å². The molecule has 4 rings (SSSR count). The van der Waals surface area contributed by atoms with Crippen LogP contribution in [-0.4, -0.2) is 55.4 Å². The van der Waals surface area contributed by atoms with E-state index in [0.717, 1.165) is 5.57 Å². The van der Waals surface area contributed by atoms with Gasteiger partial charge in [-0.15, -0.1) is 0 Å². The molecule has 0 radical (unpaired) electrons. The van der Waals surface area contributed by atoms with Crippen molar-refractivity contribution in [3.05, 3.63) is 36.0 Å². The van der Waals surface area contributed by atoms with E-state index in [1.807, 2.05) is 6.92 Å². The first-order chi connectivity index (χ1) is 13.3. The molecular formula is C21H26O7. The van der Waals surface area contributed by atoms with Crippen molar-refractivity contribution in [2.24, 2.45) is 17.3 Å². The molecule has 7 unspecified atom stereocenters. The molecule has 7 heteroatoms. The maximum atomic E-state index is 12.7. The van der Waals surface area contributed by atoms with Gasteiger partial charge in [-0.2, -0.15) is 0 Å². The van der Waals surface area contributed by atoms with Gasteiger partial charge in [0.15, 0.2) is 6.29 Å². The van der Waals surface area contributed by atoms with Gasteiger partial charge in [0.2, 0.25) is 0 Å². The third-order valence-electron chi connectivity index (χ3n) is 6.78. The summed E-state index contributed by atoms with van der Waals surface area (Å²) in [6.07, 6.45) is 0.940. The number of methoxy groups -OCH3 is 1. The summed E-state index contributed by atoms with van der Waals surface area (Å²) in [4.78, 5) is 25.0. The number of fused-ring (bicyclic) bond motifs is 3. The maximum Gasteiger partial charge on any atom is 0.336 e. The Balaban J connectivity index is 1.63. The van der Waals surface area contributed by atoms with Gasteiger partial charge in [0.1, 0.15) is 12.2 Å². The molecule has 0 aromatic rings. The Bertz CT molecular complexity index is 769. The van der Waals surface area contributed by atoms with E-state index >= 15 is 0 Å². The summed E-state index contributed by atoms with van der Waals surface area (Å²) in [5.41, 5.74) is 1.05. The molecule has 152 valence electrons. The standard InChI is InChI=1S/C21H26O7/c1-10-5-6-14(22)21(3)8-13(16-11(2)19(23)28-18(16)17(10)21)27-20(24)12-7-15(25-4)26-9-12/h7,13-18,22H,1-2,5-6,8-9H2,3-4H3. The fraction of sp³-hybridized carbons (Fsp3) is 0.619. The third-order valence-corrected chi connectivity index (χ3v) is 6.78. The highest BCUT2D eigenvalue weighted by Crippen LogP contribution is 2.58. The number of carbonyl (C=O) groups excluding carboxylic acids is 2. The summed E-state index contributed by atoms with van der Waals surface area (Å²) < 4.78 is 21.9. The number of hydrogen-bond acceptors (Lipinski definition) is 7. The van der Waals surface area contributed by atoms with Crippen molar-refractivity contribution >= 4 is 11.9 Å². The molecule has 0 spiro atoms. The van der Waals surface area contributed by atoms with Gasteiger partial charge in [-0.3, -0.25) is 0 Å². The molecular weight excluding hydrogens is 364 g/mol. The molecule has 2 saturated carbocycles. The third kappa shape index (κ3) is 2.84. The number of aliphatic hydroxyl groups excluding tert-OH is 1. The fourth-order valence-electron chi connectivity index (χ4n) is 5.25. The van der Waals surface area contributed by atoms with Gasteiger partial charge in [-0.25, -0.2) is 9.59 Å². The fourth-order valence-corrected chi connectivity index (χ4v) is 5.25. The molecule has 28 heavy (non-hydrogen) atoms. The second-order valence-corrected chi connectivity index (χ2v) is 8.37. The first-order valence-corrected chi connectivity index (χ1v) is 9.58. The van der Waals surface area contributed by atoms with E-state index in [0.29, 0.717) is 30.4 Å². The SMILES string of the molecule is C=C1C(=O)OC2C1C(OC(=O)C1=CC(OC)OC1)CC1(C)C(O)CCC(=C)C21. The highest BCUT2D eigenvalue weighted by atomic mass is 16.7. The number of esters is 2. The van der Waals surface area contributed by atoms with Crippen LogP contribution < -0.4 is 0 Å². The largest absolute Gasteiger partial charge is 0.458 e. The van der Waals surface area contributed by atoms with Gasteiger partial charge in [0.05, 0.1) is 24.2 Å². The molecule has 1 saturated heterocycles. The van der Waals surface area contributed by atoms with Crippen LogP contribution in [0.4, 0.5) is 0 Å². The zero-order chi connectivity index (χ0) is 20.2. The lowest BCUT2D eigenvalue weighted by Gasteiger charge is -2.54. The van der Waals surface area contributed by atoms with Gasteiger partial charge in [0, 0.05) is 24.0 Å². The smallest absolute Gasteiger partial charge is 0.336 e. The average molecular weight is 390 g/mol. The van der Waals surface area contributed by atoms with Crippen LogP contribution in [0.25, 0.3) is 0 Å². The second kappa shape index (κ2) is 6.83. The first kappa shape index (κ1) is 19.4. The molecule has 4 aliphatic rings. The van der Waals surface area contributed by atoms with Crippen molar-refractivity contribution in [1.29, 1.82) is 0 Å². The summed E-state index contributed by atoms with van der Waals surface area (Å²) in [7, 11) is 1.49. The lowest BCUT2D eigenvalue weighted by Crippen LogP contribution is -2.58. The Morgan fingerprint density at radius 1 is 1.39 bits per heavy atom. The summed E-state index contributed by atoms with van der Waals surface area (Å²) in [5, 5.41) is 10.8. The zero-order valence-electron chi connectivity index (χ0n) is 16.2. The Kier molecular flexibility index (Phi) is 4.72. The van der Waals surface area contributed by atoms with Crippen LogP contribution in [-0.2, 0) is 28.5 Å². The van der Waals surface area contributed by atoms with E-state index in [1.54, 1.807) is 6.08 Å². The van der Waals surface area contributed by atoms with Crippen molar-refractivity contribution in [3.8, 4) is 0 Å². The normalized spacial score (nSPS) is 42.5. The van der Waals surface area contributed by atoms with E-state index in [-0.39, 0.29) is 12.5 Å². The first-order valence-electron chi connectivity index (χ1n) is 9.58. The van der Waals surface area contributed by atoms with E-state index in [4.69, 9.17) is 18.9 Å². The van der Waals surface area contributed by atoms with E-state index in [9.17, 15) is 14.7 Å². The second-order valence-electron chi connectivity index (χ2n) is 8.37. The summed E-state index contributed by atoms with van der Waals surface area (Å²) in [5.74, 6) is -1.62. The molecule has 3 fully saturated rings. The minimum absolute atomic E-state index is 0.105. The molecule has 0 aromatic carbocycles. The quantitative estimate of drug-likeness (QED) is 0.445. The minimum Gasteiger partial charge on any atom is -0.458 e. The van der Waals surface area contributed by atoms with Crippen LogP contribution in [0.1, 0.15) is 26.2 Å². The molecule has 2 aliphatic carbocycles. The average Bonchev–Trinajstić information content (AvgIpc) is 3.24. The van der Waals surface area contributed by atoms with Crippen LogP contribution in [0.3, 0.4) is 0 Å². The van der Waals surface area contributed by atoms with Gasteiger partial charge < -0.3 is 24.1 Å². The Morgan fingerprint density at radius 2 is 2.14 bits per heavy atom. The van der Waals surface area contributed by atoms with Crippen molar-refractivity contribution in [2.75, 3.05) is 13.7 Å². The van der Waals surface area contributed by atoms with Gasteiger partial charge in [0.25, 0.3) is 0 Å². The van der Waals surface area contributed by atoms with Gasteiger partial charge in [-0.1, -0.05) is 25.7 Å². The van der Waals surface area contributed by atoms with Gasteiger partial charge in [-0.05, 0) is 25.3 Å². The lowest BCUT2D eigenvalue weighted by atomic mass is 9.53. The number of aliphatic hydroxyl groups is 1. The monoisotopic (exact) mass is 390 g/mol. The molecule has 7 atom stereocenters. The number of rotatable bonds is 3.